The number of hydrogen-bond donors (Lipinski definition) is 0. The van der Waals surface area contributed by atoms with Crippen LogP contribution in [0.4, 0.5) is 0 Å². The first kappa shape index (κ1) is 16.6. The summed E-state index contributed by atoms with van der Waals surface area (Å²) in [5.74, 6) is 0.0996. The van der Waals surface area contributed by atoms with Crippen LogP contribution >= 0.6 is 0 Å². The van der Waals surface area contributed by atoms with Crippen molar-refractivity contribution >= 4 is 11.8 Å². The van der Waals surface area contributed by atoms with E-state index < -0.39 is 0 Å². The van der Waals surface area contributed by atoms with Gasteiger partial charge in [-0.3, -0.25) is 9.59 Å². The Kier molecular flexibility index (Phi) is 6.04. The van der Waals surface area contributed by atoms with Gasteiger partial charge in [0.2, 0.25) is 5.91 Å². The molecule has 2 heterocycles. The lowest BCUT2D eigenvalue weighted by Gasteiger charge is -2.31. The molecule has 1 fully saturated rings. The van der Waals surface area contributed by atoms with E-state index in [2.05, 4.69) is 0 Å². The Morgan fingerprint density at radius 2 is 2.05 bits per heavy atom. The summed E-state index contributed by atoms with van der Waals surface area (Å²) in [6, 6.07) is 1.78. The van der Waals surface area contributed by atoms with Crippen molar-refractivity contribution in [1.82, 2.24) is 9.80 Å². The van der Waals surface area contributed by atoms with Crippen LogP contribution in [0.25, 0.3) is 0 Å². The minimum Gasteiger partial charge on any atom is -0.472 e. The van der Waals surface area contributed by atoms with Gasteiger partial charge in [0.25, 0.3) is 5.91 Å². The maximum atomic E-state index is 12.5. The lowest BCUT2D eigenvalue weighted by Crippen LogP contribution is -2.42. The summed E-state index contributed by atoms with van der Waals surface area (Å²) in [5, 5.41) is 0. The van der Waals surface area contributed by atoms with Crippen LogP contribution in [-0.2, 0) is 4.79 Å². The van der Waals surface area contributed by atoms with Crippen molar-refractivity contribution in [2.45, 2.75) is 52.0 Å². The van der Waals surface area contributed by atoms with Crippen molar-refractivity contribution in [2.75, 3.05) is 19.6 Å². The van der Waals surface area contributed by atoms with Gasteiger partial charge in [-0.25, -0.2) is 0 Å². The van der Waals surface area contributed by atoms with E-state index in [4.69, 9.17) is 4.42 Å². The van der Waals surface area contributed by atoms with Gasteiger partial charge in [-0.1, -0.05) is 6.92 Å². The summed E-state index contributed by atoms with van der Waals surface area (Å²) in [6.07, 6.45) is 7.62. The predicted octanol–water partition coefficient (Wildman–Crippen LogP) is 2.92. The summed E-state index contributed by atoms with van der Waals surface area (Å²) < 4.78 is 5.00. The highest BCUT2D eigenvalue weighted by Crippen LogP contribution is 2.14. The first-order valence-electron chi connectivity index (χ1n) is 8.24. The lowest BCUT2D eigenvalue weighted by atomic mass is 10.1. The van der Waals surface area contributed by atoms with Gasteiger partial charge in [0.05, 0.1) is 11.8 Å². The first-order chi connectivity index (χ1) is 10.6. The molecule has 1 aromatic rings. The summed E-state index contributed by atoms with van der Waals surface area (Å²) in [5.41, 5.74) is 0.547. The quantitative estimate of drug-likeness (QED) is 0.812. The summed E-state index contributed by atoms with van der Waals surface area (Å²) in [6.45, 7) is 6.25. The van der Waals surface area contributed by atoms with Crippen LogP contribution in [-0.4, -0.2) is 47.3 Å². The lowest BCUT2D eigenvalue weighted by molar-refractivity contribution is -0.132. The van der Waals surface area contributed by atoms with Gasteiger partial charge in [-0.15, -0.1) is 0 Å². The van der Waals surface area contributed by atoms with Gasteiger partial charge < -0.3 is 14.2 Å². The average Bonchev–Trinajstić information content (AvgIpc) is 3.09. The van der Waals surface area contributed by atoms with Crippen LogP contribution in [0.3, 0.4) is 0 Å². The zero-order valence-electron chi connectivity index (χ0n) is 13.6. The molecular weight excluding hydrogens is 280 g/mol. The average molecular weight is 306 g/mol. The second-order valence-electron chi connectivity index (χ2n) is 5.96. The van der Waals surface area contributed by atoms with Crippen molar-refractivity contribution in [1.29, 1.82) is 0 Å². The Bertz CT molecular complexity index is 478. The summed E-state index contributed by atoms with van der Waals surface area (Å²) >= 11 is 0. The molecule has 2 amide bonds. The molecule has 5 nitrogen and oxygen atoms in total. The monoisotopic (exact) mass is 306 g/mol. The number of nitrogens with zero attached hydrogens (tertiary/aromatic N) is 2. The number of rotatable bonds is 6. The fraction of sp³-hybridized carbons (Fsp3) is 0.647. The third kappa shape index (κ3) is 4.12. The van der Waals surface area contributed by atoms with E-state index >= 15 is 0 Å². The van der Waals surface area contributed by atoms with Gasteiger partial charge in [-0.2, -0.15) is 0 Å². The molecule has 1 aliphatic heterocycles. The van der Waals surface area contributed by atoms with E-state index in [0.717, 1.165) is 32.4 Å². The van der Waals surface area contributed by atoms with Gasteiger partial charge in [0.1, 0.15) is 6.26 Å². The largest absolute Gasteiger partial charge is 0.472 e. The number of likely N-dealkylation sites (tertiary alicyclic amines) is 1. The number of amides is 2. The van der Waals surface area contributed by atoms with Crippen LogP contribution in [0.5, 0.6) is 0 Å². The highest BCUT2D eigenvalue weighted by molar-refractivity contribution is 5.94. The van der Waals surface area contributed by atoms with Gasteiger partial charge in [0.15, 0.2) is 0 Å². The van der Waals surface area contributed by atoms with E-state index in [1.165, 1.54) is 18.9 Å². The molecule has 5 heteroatoms. The molecule has 22 heavy (non-hydrogen) atoms. The Morgan fingerprint density at radius 1 is 1.32 bits per heavy atom. The molecule has 0 bridgehead atoms. The van der Waals surface area contributed by atoms with Crippen molar-refractivity contribution < 1.29 is 14.0 Å². The minimum atomic E-state index is -0.0606. The molecule has 0 saturated carbocycles. The molecule has 2 rings (SSSR count). The number of carbonyl (C=O) groups is 2. The molecule has 1 saturated heterocycles. The zero-order chi connectivity index (χ0) is 15.9. The predicted molar refractivity (Wildman–Crippen MR) is 84.5 cm³/mol. The van der Waals surface area contributed by atoms with Crippen LogP contribution in [0, 0.1) is 0 Å². The van der Waals surface area contributed by atoms with E-state index in [0.29, 0.717) is 18.5 Å². The number of hydrogen-bond acceptors (Lipinski definition) is 3. The highest BCUT2D eigenvalue weighted by Gasteiger charge is 2.23. The molecule has 0 aliphatic carbocycles. The molecule has 1 aromatic heterocycles. The molecule has 0 spiro atoms. The van der Waals surface area contributed by atoms with E-state index in [1.807, 2.05) is 18.7 Å². The van der Waals surface area contributed by atoms with E-state index in [1.54, 1.807) is 11.0 Å². The maximum absolute atomic E-state index is 12.5. The van der Waals surface area contributed by atoms with Crippen molar-refractivity contribution in [2.24, 2.45) is 0 Å². The molecular formula is C17H26N2O3. The zero-order valence-corrected chi connectivity index (χ0v) is 13.6. The summed E-state index contributed by atoms with van der Waals surface area (Å²) in [4.78, 5) is 28.5. The second kappa shape index (κ2) is 8.01. The Morgan fingerprint density at radius 3 is 2.64 bits per heavy atom. The standard InChI is InChI=1S/C17H26N2O3/c1-3-14(2)19(17(21)15-8-12-22-13-15)11-7-16(20)18-9-5-4-6-10-18/h8,12-14H,3-7,9-11H2,1-2H3/t14-/m0/s1. The number of furan rings is 1. The molecule has 0 aromatic carbocycles. The van der Waals surface area contributed by atoms with E-state index in [-0.39, 0.29) is 17.9 Å². The minimum absolute atomic E-state index is 0.0606. The third-order valence-corrected chi connectivity index (χ3v) is 4.43. The SMILES string of the molecule is CC[C@H](C)N(CCC(=O)N1CCCCC1)C(=O)c1ccoc1. The molecule has 122 valence electrons. The van der Waals surface area contributed by atoms with Gasteiger partial charge >= 0.3 is 0 Å². The van der Waals surface area contributed by atoms with E-state index in [9.17, 15) is 9.59 Å². The molecule has 0 unspecified atom stereocenters. The Hall–Kier alpha value is -1.78. The maximum Gasteiger partial charge on any atom is 0.257 e. The third-order valence-electron chi connectivity index (χ3n) is 4.43. The summed E-state index contributed by atoms with van der Waals surface area (Å²) in [7, 11) is 0. The Balaban J connectivity index is 1.95. The van der Waals surface area contributed by atoms with Gasteiger partial charge in [0, 0.05) is 32.1 Å². The van der Waals surface area contributed by atoms with Crippen LogP contribution in [0.1, 0.15) is 56.3 Å². The molecule has 1 atom stereocenters. The van der Waals surface area contributed by atoms with Crippen molar-refractivity contribution in [3.05, 3.63) is 24.2 Å². The molecule has 0 N–H and O–H groups in total. The van der Waals surface area contributed by atoms with Crippen LogP contribution in [0.2, 0.25) is 0 Å². The number of piperidine rings is 1. The van der Waals surface area contributed by atoms with Crippen molar-refractivity contribution in [3.63, 3.8) is 0 Å². The highest BCUT2D eigenvalue weighted by atomic mass is 16.3. The fourth-order valence-corrected chi connectivity index (χ4v) is 2.81. The first-order valence-corrected chi connectivity index (χ1v) is 8.24. The number of carbonyl (C=O) groups excluding carboxylic acids is 2. The van der Waals surface area contributed by atoms with Crippen LogP contribution < -0.4 is 0 Å². The second-order valence-corrected chi connectivity index (χ2v) is 5.96. The molecule has 0 radical (unpaired) electrons. The smallest absolute Gasteiger partial charge is 0.257 e. The normalized spacial score (nSPS) is 16.4. The van der Waals surface area contributed by atoms with Crippen LogP contribution in [0.15, 0.2) is 23.0 Å². The van der Waals surface area contributed by atoms with Crippen molar-refractivity contribution in [3.8, 4) is 0 Å². The fourth-order valence-electron chi connectivity index (χ4n) is 2.81. The van der Waals surface area contributed by atoms with Gasteiger partial charge in [-0.05, 0) is 38.7 Å². The molecule has 1 aliphatic rings. The Labute approximate surface area is 132 Å². The topological polar surface area (TPSA) is 53.8 Å².